The summed E-state index contributed by atoms with van der Waals surface area (Å²) in [7, 11) is 0. The predicted molar refractivity (Wildman–Crippen MR) is 97.5 cm³/mol. The third kappa shape index (κ3) is 10.3. The molecular weight excluding hydrogens is 258 g/mol. The second kappa shape index (κ2) is 17.0. The fourth-order valence-electron chi connectivity index (χ4n) is 2.04. The third-order valence-corrected chi connectivity index (χ3v) is 3.08. The van der Waals surface area contributed by atoms with Crippen molar-refractivity contribution in [3.05, 3.63) is 36.6 Å². The number of nitrogens with two attached hydrogens (primary N) is 1. The number of hydrogen-bond acceptors (Lipinski definition) is 3. The van der Waals surface area contributed by atoms with Crippen LogP contribution in [0, 0.1) is 0 Å². The molecule has 0 saturated carbocycles. The fraction of sp³-hybridized carbons (Fsp3) is 0.667. The van der Waals surface area contributed by atoms with Gasteiger partial charge in [-0.2, -0.15) is 0 Å². The Morgan fingerprint density at radius 3 is 2.10 bits per heavy atom. The molecule has 0 aromatic rings. The first kappa shape index (κ1) is 22.2. The molecule has 0 bridgehead atoms. The van der Waals surface area contributed by atoms with Crippen LogP contribution in [0.3, 0.4) is 0 Å². The highest BCUT2D eigenvalue weighted by molar-refractivity contribution is 5.21. The van der Waals surface area contributed by atoms with Crippen LogP contribution < -0.4 is 5.73 Å². The van der Waals surface area contributed by atoms with Gasteiger partial charge in [-0.25, -0.2) is 0 Å². The minimum absolute atomic E-state index is 0.791. The van der Waals surface area contributed by atoms with E-state index in [0.29, 0.717) is 0 Å². The molecule has 0 aliphatic carbocycles. The van der Waals surface area contributed by atoms with Gasteiger partial charge in [0.2, 0.25) is 0 Å². The van der Waals surface area contributed by atoms with Crippen molar-refractivity contribution in [2.24, 2.45) is 5.73 Å². The molecule has 0 unspecified atom stereocenters. The van der Waals surface area contributed by atoms with Crippen molar-refractivity contribution < 1.29 is 0 Å². The summed E-state index contributed by atoms with van der Waals surface area (Å²) < 4.78 is 0. The highest BCUT2D eigenvalue weighted by Gasteiger charge is 2.16. The molecule has 0 aromatic heterocycles. The number of rotatable bonds is 6. The molecule has 0 spiro atoms. The quantitative estimate of drug-likeness (QED) is 0.759. The summed E-state index contributed by atoms with van der Waals surface area (Å²) in [4.78, 5) is 4.88. The third-order valence-electron chi connectivity index (χ3n) is 3.08. The average molecular weight is 296 g/mol. The topological polar surface area (TPSA) is 32.5 Å². The van der Waals surface area contributed by atoms with Gasteiger partial charge in [-0.15, -0.1) is 0 Å². The summed E-state index contributed by atoms with van der Waals surface area (Å²) in [5.41, 5.74) is 6.75. The van der Waals surface area contributed by atoms with Crippen LogP contribution in [0.4, 0.5) is 0 Å². The van der Waals surface area contributed by atoms with Gasteiger partial charge in [-0.05, 0) is 38.6 Å². The molecule has 0 radical (unpaired) electrons. The molecule has 0 atom stereocenters. The van der Waals surface area contributed by atoms with E-state index in [4.69, 9.17) is 5.73 Å². The van der Waals surface area contributed by atoms with E-state index in [9.17, 15) is 0 Å². The summed E-state index contributed by atoms with van der Waals surface area (Å²) in [6, 6.07) is 0. The smallest absolute Gasteiger partial charge is 0.0361 e. The van der Waals surface area contributed by atoms with Crippen molar-refractivity contribution in [3.8, 4) is 0 Å². The van der Waals surface area contributed by atoms with Crippen LogP contribution in [0.1, 0.15) is 41.0 Å². The molecule has 3 nitrogen and oxygen atoms in total. The van der Waals surface area contributed by atoms with Gasteiger partial charge in [-0.3, -0.25) is 4.90 Å². The minimum atomic E-state index is 0.791. The highest BCUT2D eigenvalue weighted by Crippen LogP contribution is 2.10. The van der Waals surface area contributed by atoms with Gasteiger partial charge in [0.05, 0.1) is 0 Å². The standard InChI is InChI=1S/C14H25N3.2C2H6/c1-3-5-7-14(4-2)17-12-10-16(11-13-17)9-6-8-15;2*1-2/h3-5,7H,2,6,8-13,15H2,1H3;2*1-2H3/b5-3-,14-7+;;. The summed E-state index contributed by atoms with van der Waals surface area (Å²) in [5, 5.41) is 0. The van der Waals surface area contributed by atoms with Gasteiger partial charge in [0.25, 0.3) is 0 Å². The fourth-order valence-corrected chi connectivity index (χ4v) is 2.04. The Labute approximate surface area is 133 Å². The Morgan fingerprint density at radius 2 is 1.67 bits per heavy atom. The van der Waals surface area contributed by atoms with Crippen LogP contribution in [0.2, 0.25) is 0 Å². The Bertz CT molecular complexity index is 274. The maximum atomic E-state index is 5.53. The molecule has 0 aromatic carbocycles. The van der Waals surface area contributed by atoms with E-state index in [1.165, 1.54) is 5.70 Å². The summed E-state index contributed by atoms with van der Waals surface area (Å²) in [6.45, 7) is 20.3. The lowest BCUT2D eigenvalue weighted by atomic mass is 10.2. The van der Waals surface area contributed by atoms with Crippen molar-refractivity contribution in [3.63, 3.8) is 0 Å². The average Bonchev–Trinajstić information content (AvgIpc) is 2.58. The second-order valence-electron chi connectivity index (χ2n) is 4.29. The predicted octanol–water partition coefficient (Wildman–Crippen LogP) is 3.65. The van der Waals surface area contributed by atoms with E-state index >= 15 is 0 Å². The largest absolute Gasteiger partial charge is 0.369 e. The van der Waals surface area contributed by atoms with Crippen LogP contribution in [0.5, 0.6) is 0 Å². The number of nitrogens with zero attached hydrogens (tertiary/aromatic N) is 2. The van der Waals surface area contributed by atoms with Crippen molar-refractivity contribution in [2.45, 2.75) is 41.0 Å². The van der Waals surface area contributed by atoms with E-state index in [-0.39, 0.29) is 0 Å². The Morgan fingerprint density at radius 1 is 1.10 bits per heavy atom. The molecule has 1 aliphatic rings. The first-order valence-corrected chi connectivity index (χ1v) is 8.44. The molecule has 124 valence electrons. The minimum Gasteiger partial charge on any atom is -0.369 e. The van der Waals surface area contributed by atoms with Gasteiger partial charge in [0.1, 0.15) is 0 Å². The SMILES string of the molecule is C=C/C(=C\C=C/C)N1CCN(CCCN)CC1.CC.CC. The summed E-state index contributed by atoms with van der Waals surface area (Å²) >= 11 is 0. The van der Waals surface area contributed by atoms with Gasteiger partial charge in [-0.1, -0.05) is 46.4 Å². The second-order valence-corrected chi connectivity index (χ2v) is 4.29. The van der Waals surface area contributed by atoms with Gasteiger partial charge >= 0.3 is 0 Å². The van der Waals surface area contributed by atoms with Crippen LogP contribution in [0.25, 0.3) is 0 Å². The number of allylic oxidation sites excluding steroid dienone is 4. The number of piperazine rings is 1. The monoisotopic (exact) mass is 295 g/mol. The molecule has 3 heteroatoms. The van der Waals surface area contributed by atoms with Crippen molar-refractivity contribution in [2.75, 3.05) is 39.3 Å². The molecule has 2 N–H and O–H groups in total. The molecule has 21 heavy (non-hydrogen) atoms. The lowest BCUT2D eigenvalue weighted by Crippen LogP contribution is -2.46. The zero-order chi connectivity index (χ0) is 16.5. The highest BCUT2D eigenvalue weighted by atomic mass is 15.3. The van der Waals surface area contributed by atoms with Crippen molar-refractivity contribution in [1.82, 2.24) is 9.80 Å². The lowest BCUT2D eigenvalue weighted by molar-refractivity contribution is 0.161. The van der Waals surface area contributed by atoms with E-state index < -0.39 is 0 Å². The molecule has 0 amide bonds. The van der Waals surface area contributed by atoms with E-state index in [1.807, 2.05) is 46.8 Å². The van der Waals surface area contributed by atoms with Crippen LogP contribution in [-0.2, 0) is 0 Å². The van der Waals surface area contributed by atoms with Crippen molar-refractivity contribution in [1.29, 1.82) is 0 Å². The normalized spacial score (nSPS) is 15.9. The first-order valence-electron chi connectivity index (χ1n) is 8.44. The van der Waals surface area contributed by atoms with Crippen LogP contribution in [0.15, 0.2) is 36.6 Å². The van der Waals surface area contributed by atoms with Crippen molar-refractivity contribution >= 4 is 0 Å². The maximum Gasteiger partial charge on any atom is 0.0361 e. The Kier molecular flexibility index (Phi) is 18.0. The molecule has 1 fully saturated rings. The molecule has 1 heterocycles. The van der Waals surface area contributed by atoms with E-state index in [0.717, 1.165) is 45.7 Å². The molecule has 1 saturated heterocycles. The van der Waals surface area contributed by atoms with Gasteiger partial charge < -0.3 is 10.6 Å². The summed E-state index contributed by atoms with van der Waals surface area (Å²) in [6.07, 6.45) is 9.28. The van der Waals surface area contributed by atoms with E-state index in [1.54, 1.807) is 0 Å². The summed E-state index contributed by atoms with van der Waals surface area (Å²) in [5.74, 6) is 0. The zero-order valence-electron chi connectivity index (χ0n) is 14.9. The maximum absolute atomic E-state index is 5.53. The number of hydrogen-bond donors (Lipinski definition) is 1. The van der Waals surface area contributed by atoms with Gasteiger partial charge in [0, 0.05) is 31.9 Å². The molecule has 1 aliphatic heterocycles. The Hall–Kier alpha value is -1.06. The van der Waals surface area contributed by atoms with Crippen LogP contribution >= 0.6 is 0 Å². The van der Waals surface area contributed by atoms with Gasteiger partial charge in [0.15, 0.2) is 0 Å². The van der Waals surface area contributed by atoms with E-state index in [2.05, 4.69) is 28.5 Å². The zero-order valence-corrected chi connectivity index (χ0v) is 14.9. The Balaban J connectivity index is 0. The lowest BCUT2D eigenvalue weighted by Gasteiger charge is -2.36. The molecule has 1 rings (SSSR count). The van der Waals surface area contributed by atoms with Crippen LogP contribution in [-0.4, -0.2) is 49.1 Å². The molecular formula is C18H37N3. The first-order chi connectivity index (χ1) is 10.3.